The molecule has 0 amide bonds. The molecule has 0 bridgehead atoms. The highest BCUT2D eigenvalue weighted by molar-refractivity contribution is 5.72. The van der Waals surface area contributed by atoms with Gasteiger partial charge in [0.2, 0.25) is 6.79 Å². The smallest absolute Gasteiger partial charge is 0.308 e. The maximum atomic E-state index is 11.0. The van der Waals surface area contributed by atoms with E-state index in [0.29, 0.717) is 6.42 Å². The number of rotatable bonds is 8. The third-order valence-corrected chi connectivity index (χ3v) is 1.67. The Morgan fingerprint density at radius 2 is 1.56 bits per heavy atom. The first-order chi connectivity index (χ1) is 7.56. The molecule has 1 N–H and O–H groups in total. The second-order valence-electron chi connectivity index (χ2n) is 3.15. The van der Waals surface area contributed by atoms with Gasteiger partial charge in [0.05, 0.1) is 0 Å². The van der Waals surface area contributed by atoms with Gasteiger partial charge in [-0.15, -0.1) is 0 Å². The lowest BCUT2D eigenvalue weighted by atomic mass is 10.2. The van der Waals surface area contributed by atoms with Crippen LogP contribution in [-0.2, 0) is 23.9 Å². The molecule has 0 atom stereocenters. The molecule has 0 aliphatic heterocycles. The Morgan fingerprint density at radius 3 is 2.06 bits per heavy atom. The van der Waals surface area contributed by atoms with Crippen LogP contribution in [0.25, 0.3) is 0 Å². The summed E-state index contributed by atoms with van der Waals surface area (Å²) in [5, 5.41) is 8.31. The molecule has 0 aromatic heterocycles. The van der Waals surface area contributed by atoms with Crippen molar-refractivity contribution in [2.45, 2.75) is 39.0 Å². The Labute approximate surface area is 93.5 Å². The van der Waals surface area contributed by atoms with E-state index in [1.807, 2.05) is 6.92 Å². The van der Waals surface area contributed by atoms with Crippen LogP contribution in [0.5, 0.6) is 0 Å². The Hall–Kier alpha value is -1.59. The monoisotopic (exact) mass is 232 g/mol. The summed E-state index contributed by atoms with van der Waals surface area (Å²) < 4.78 is 9.15. The molecular weight excluding hydrogens is 216 g/mol. The lowest BCUT2D eigenvalue weighted by Gasteiger charge is -2.05. The van der Waals surface area contributed by atoms with Gasteiger partial charge in [0.1, 0.15) is 0 Å². The first-order valence-electron chi connectivity index (χ1n) is 5.09. The van der Waals surface area contributed by atoms with Crippen LogP contribution in [0.15, 0.2) is 0 Å². The molecule has 0 saturated heterocycles. The summed E-state index contributed by atoms with van der Waals surface area (Å²) in [6.07, 6.45) is 1.11. The van der Waals surface area contributed by atoms with Gasteiger partial charge in [-0.25, -0.2) is 0 Å². The van der Waals surface area contributed by atoms with Gasteiger partial charge < -0.3 is 14.6 Å². The first kappa shape index (κ1) is 14.4. The van der Waals surface area contributed by atoms with Gasteiger partial charge >= 0.3 is 17.9 Å². The number of carboxylic acids is 1. The van der Waals surface area contributed by atoms with E-state index in [-0.39, 0.29) is 25.7 Å². The molecule has 0 aromatic carbocycles. The van der Waals surface area contributed by atoms with Crippen molar-refractivity contribution in [1.82, 2.24) is 0 Å². The van der Waals surface area contributed by atoms with Crippen molar-refractivity contribution in [3.8, 4) is 0 Å². The van der Waals surface area contributed by atoms with Gasteiger partial charge in [0.25, 0.3) is 0 Å². The van der Waals surface area contributed by atoms with Crippen molar-refractivity contribution >= 4 is 17.9 Å². The van der Waals surface area contributed by atoms with Gasteiger partial charge in [0, 0.05) is 19.3 Å². The van der Waals surface area contributed by atoms with E-state index in [2.05, 4.69) is 9.47 Å². The highest BCUT2D eigenvalue weighted by atomic mass is 16.7. The molecule has 92 valence electrons. The Balaban J connectivity index is 3.43. The number of carboxylic acid groups (broad SMARTS) is 1. The molecule has 6 heteroatoms. The average molecular weight is 232 g/mol. The van der Waals surface area contributed by atoms with E-state index >= 15 is 0 Å². The molecule has 0 rings (SSSR count). The van der Waals surface area contributed by atoms with E-state index in [1.54, 1.807) is 0 Å². The summed E-state index contributed by atoms with van der Waals surface area (Å²) in [7, 11) is 0. The van der Waals surface area contributed by atoms with Crippen LogP contribution in [0.4, 0.5) is 0 Å². The summed E-state index contributed by atoms with van der Waals surface area (Å²) >= 11 is 0. The van der Waals surface area contributed by atoms with Crippen LogP contribution in [0.3, 0.4) is 0 Å². The quantitative estimate of drug-likeness (QED) is 0.497. The van der Waals surface area contributed by atoms with Crippen LogP contribution in [0.1, 0.15) is 39.0 Å². The van der Waals surface area contributed by atoms with Crippen molar-refractivity contribution in [3.63, 3.8) is 0 Å². The van der Waals surface area contributed by atoms with E-state index < -0.39 is 24.7 Å². The van der Waals surface area contributed by atoms with Crippen molar-refractivity contribution in [2.24, 2.45) is 0 Å². The summed E-state index contributed by atoms with van der Waals surface area (Å²) in [6.45, 7) is 1.43. The van der Waals surface area contributed by atoms with Crippen LogP contribution >= 0.6 is 0 Å². The molecule has 16 heavy (non-hydrogen) atoms. The summed E-state index contributed by atoms with van der Waals surface area (Å²) in [5.74, 6) is -1.94. The fourth-order valence-corrected chi connectivity index (χ4v) is 0.893. The first-order valence-corrected chi connectivity index (χ1v) is 5.09. The second kappa shape index (κ2) is 8.70. The maximum Gasteiger partial charge on any atom is 0.308 e. The molecule has 0 radical (unpaired) electrons. The molecule has 0 unspecified atom stereocenters. The zero-order chi connectivity index (χ0) is 12.4. The van der Waals surface area contributed by atoms with E-state index in [9.17, 15) is 14.4 Å². The molecular formula is C10H16O6. The largest absolute Gasteiger partial charge is 0.481 e. The standard InChI is InChI=1S/C10H16O6/c1-2-4-9(13)15-7-16-10(14)6-3-5-8(11)12/h2-7H2,1H3,(H,11,12). The summed E-state index contributed by atoms with van der Waals surface area (Å²) in [5.41, 5.74) is 0. The number of carbonyl (C=O) groups is 3. The third-order valence-electron chi connectivity index (χ3n) is 1.67. The molecule has 0 aliphatic rings. The van der Waals surface area contributed by atoms with E-state index in [1.165, 1.54) is 0 Å². The Morgan fingerprint density at radius 1 is 1.00 bits per heavy atom. The van der Waals surface area contributed by atoms with E-state index in [4.69, 9.17) is 5.11 Å². The molecule has 0 aliphatic carbocycles. The normalized spacial score (nSPS) is 9.56. The lowest BCUT2D eigenvalue weighted by molar-refractivity contribution is -0.167. The summed E-state index contributed by atoms with van der Waals surface area (Å²) in [4.78, 5) is 31.9. The lowest BCUT2D eigenvalue weighted by Crippen LogP contribution is -2.12. The predicted molar refractivity (Wildman–Crippen MR) is 53.4 cm³/mol. The minimum absolute atomic E-state index is 0.0115. The van der Waals surface area contributed by atoms with Gasteiger partial charge in [-0.3, -0.25) is 14.4 Å². The Kier molecular flexibility index (Phi) is 7.83. The predicted octanol–water partition coefficient (Wildman–Crippen LogP) is 1.09. The summed E-state index contributed by atoms with van der Waals surface area (Å²) in [6, 6.07) is 0. The molecule has 0 fully saturated rings. The zero-order valence-electron chi connectivity index (χ0n) is 9.23. The van der Waals surface area contributed by atoms with Gasteiger partial charge in [-0.1, -0.05) is 6.92 Å². The van der Waals surface area contributed by atoms with Crippen LogP contribution in [0, 0.1) is 0 Å². The van der Waals surface area contributed by atoms with Crippen molar-refractivity contribution in [1.29, 1.82) is 0 Å². The number of ether oxygens (including phenoxy) is 2. The van der Waals surface area contributed by atoms with Gasteiger partial charge in [0.15, 0.2) is 0 Å². The molecule has 6 nitrogen and oxygen atoms in total. The minimum atomic E-state index is -0.956. The molecule has 0 saturated carbocycles. The average Bonchev–Trinajstić information content (AvgIpc) is 2.17. The van der Waals surface area contributed by atoms with Crippen LogP contribution in [-0.4, -0.2) is 29.8 Å². The number of carbonyl (C=O) groups excluding carboxylic acids is 2. The minimum Gasteiger partial charge on any atom is -0.481 e. The van der Waals surface area contributed by atoms with Crippen molar-refractivity contribution < 1.29 is 29.0 Å². The number of hydrogen-bond donors (Lipinski definition) is 1. The maximum absolute atomic E-state index is 11.0. The number of esters is 2. The number of aliphatic carboxylic acids is 1. The Bertz CT molecular complexity index is 248. The molecule has 0 spiro atoms. The van der Waals surface area contributed by atoms with Gasteiger partial charge in [-0.05, 0) is 12.8 Å². The third kappa shape index (κ3) is 8.98. The second-order valence-corrected chi connectivity index (χ2v) is 3.15. The molecule has 0 heterocycles. The highest BCUT2D eigenvalue weighted by Crippen LogP contribution is 1.98. The fraction of sp³-hybridized carbons (Fsp3) is 0.700. The number of hydrogen-bond acceptors (Lipinski definition) is 5. The van der Waals surface area contributed by atoms with Gasteiger partial charge in [-0.2, -0.15) is 0 Å². The van der Waals surface area contributed by atoms with Crippen molar-refractivity contribution in [2.75, 3.05) is 6.79 Å². The highest BCUT2D eigenvalue weighted by Gasteiger charge is 2.06. The zero-order valence-corrected chi connectivity index (χ0v) is 9.23. The van der Waals surface area contributed by atoms with E-state index in [0.717, 1.165) is 0 Å². The topological polar surface area (TPSA) is 89.9 Å². The van der Waals surface area contributed by atoms with Crippen LogP contribution in [0.2, 0.25) is 0 Å². The fourth-order valence-electron chi connectivity index (χ4n) is 0.893. The van der Waals surface area contributed by atoms with Crippen molar-refractivity contribution in [3.05, 3.63) is 0 Å². The van der Waals surface area contributed by atoms with Crippen LogP contribution < -0.4 is 0 Å². The SMILES string of the molecule is CCCC(=O)OCOC(=O)CCCC(=O)O. The molecule has 0 aromatic rings.